The molecule has 0 saturated heterocycles. The number of nitrogens with zero attached hydrogens (tertiary/aromatic N) is 3. The molecule has 0 fully saturated rings. The highest BCUT2D eigenvalue weighted by Crippen LogP contribution is 2.23. The topological polar surface area (TPSA) is 105 Å². The van der Waals surface area contributed by atoms with Gasteiger partial charge in [-0.2, -0.15) is 0 Å². The van der Waals surface area contributed by atoms with Gasteiger partial charge in [0.05, 0.1) is 43.4 Å². The van der Waals surface area contributed by atoms with Crippen molar-refractivity contribution in [3.63, 3.8) is 0 Å². The number of urea groups is 1. The molecule has 5 rings (SSSR count). The van der Waals surface area contributed by atoms with Gasteiger partial charge in [0.25, 0.3) is 5.56 Å². The number of hydrogen-bond donors (Lipinski definition) is 2. The summed E-state index contributed by atoms with van der Waals surface area (Å²) in [6.07, 6.45) is 2.09. The first-order chi connectivity index (χ1) is 15.1. The maximum atomic E-state index is 13.1. The number of amides is 2. The number of H-pyrrole nitrogens is 1. The van der Waals surface area contributed by atoms with Crippen molar-refractivity contribution in [1.29, 1.82) is 0 Å². The zero-order valence-electron chi connectivity index (χ0n) is 16.9. The van der Waals surface area contributed by atoms with Gasteiger partial charge >= 0.3 is 6.03 Å². The van der Waals surface area contributed by atoms with Crippen LogP contribution in [-0.4, -0.2) is 39.2 Å². The summed E-state index contributed by atoms with van der Waals surface area (Å²) >= 11 is 0. The van der Waals surface area contributed by atoms with E-state index in [0.717, 1.165) is 22.7 Å². The van der Waals surface area contributed by atoms with Gasteiger partial charge in [0, 0.05) is 19.0 Å². The molecule has 9 heteroatoms. The number of hydrogen-bond acceptors (Lipinski definition) is 5. The molecule has 0 unspecified atom stereocenters. The second-order valence-electron chi connectivity index (χ2n) is 7.34. The van der Waals surface area contributed by atoms with Gasteiger partial charge in [-0.25, -0.2) is 14.3 Å². The van der Waals surface area contributed by atoms with Crippen molar-refractivity contribution in [2.45, 2.75) is 19.5 Å². The first-order valence-corrected chi connectivity index (χ1v) is 9.95. The Morgan fingerprint density at radius 3 is 2.87 bits per heavy atom. The van der Waals surface area contributed by atoms with Crippen LogP contribution in [0.4, 0.5) is 4.79 Å². The van der Waals surface area contributed by atoms with E-state index in [1.54, 1.807) is 30.4 Å². The average Bonchev–Trinajstić information content (AvgIpc) is 3.47. The molecule has 1 aromatic carbocycles. The maximum absolute atomic E-state index is 13.1. The minimum absolute atomic E-state index is 0.191. The molecule has 4 aromatic rings. The normalized spacial score (nSPS) is 13.3. The summed E-state index contributed by atoms with van der Waals surface area (Å²) in [5, 5.41) is 5.95. The molecular formula is C22H21N5O4. The zero-order chi connectivity index (χ0) is 21.4. The minimum atomic E-state index is -0.239. The largest absolute Gasteiger partial charge is 0.497 e. The number of aromatic amines is 1. The van der Waals surface area contributed by atoms with Gasteiger partial charge < -0.3 is 19.4 Å². The van der Waals surface area contributed by atoms with Crippen molar-refractivity contribution < 1.29 is 13.9 Å². The van der Waals surface area contributed by atoms with Crippen LogP contribution in [0.5, 0.6) is 5.75 Å². The average molecular weight is 419 g/mol. The molecule has 0 aliphatic carbocycles. The molecule has 9 nitrogen and oxygen atoms in total. The van der Waals surface area contributed by atoms with Gasteiger partial charge in [-0.3, -0.25) is 9.89 Å². The number of furan rings is 1. The van der Waals surface area contributed by atoms with Gasteiger partial charge in [0.2, 0.25) is 0 Å². The molecule has 0 spiro atoms. The highest BCUT2D eigenvalue weighted by molar-refractivity contribution is 5.74. The number of fused-ring (bicyclic) bond motifs is 2. The van der Waals surface area contributed by atoms with E-state index < -0.39 is 0 Å². The van der Waals surface area contributed by atoms with Crippen LogP contribution >= 0.6 is 0 Å². The summed E-state index contributed by atoms with van der Waals surface area (Å²) in [6.45, 7) is 1.01. The van der Waals surface area contributed by atoms with E-state index in [2.05, 4.69) is 15.4 Å². The second kappa shape index (κ2) is 7.67. The first kappa shape index (κ1) is 19.0. The lowest BCUT2D eigenvalue weighted by Gasteiger charge is -2.27. The number of methoxy groups -OCH3 is 1. The fourth-order valence-electron chi connectivity index (χ4n) is 3.76. The van der Waals surface area contributed by atoms with Crippen LogP contribution in [0, 0.1) is 0 Å². The monoisotopic (exact) mass is 419 g/mol. The molecule has 1 aliphatic heterocycles. The van der Waals surface area contributed by atoms with E-state index in [9.17, 15) is 9.59 Å². The zero-order valence-corrected chi connectivity index (χ0v) is 16.9. The smallest absolute Gasteiger partial charge is 0.318 e. The highest BCUT2D eigenvalue weighted by Gasteiger charge is 2.25. The molecule has 3 aromatic heterocycles. The summed E-state index contributed by atoms with van der Waals surface area (Å²) in [6, 6.07) is 12.7. The lowest BCUT2D eigenvalue weighted by atomic mass is 10.1. The van der Waals surface area contributed by atoms with Gasteiger partial charge in [-0.15, -0.1) is 0 Å². The van der Waals surface area contributed by atoms with Crippen LogP contribution in [-0.2, 0) is 19.5 Å². The predicted molar refractivity (Wildman–Crippen MR) is 113 cm³/mol. The third-order valence-corrected chi connectivity index (χ3v) is 5.44. The fraction of sp³-hybridized carbons (Fsp3) is 0.227. The van der Waals surface area contributed by atoms with Crippen LogP contribution in [0.1, 0.15) is 17.0 Å². The third-order valence-electron chi connectivity index (χ3n) is 5.44. The predicted octanol–water partition coefficient (Wildman–Crippen LogP) is 2.56. The van der Waals surface area contributed by atoms with Crippen molar-refractivity contribution in [2.24, 2.45) is 0 Å². The molecule has 0 radical (unpaired) electrons. The summed E-state index contributed by atoms with van der Waals surface area (Å²) in [4.78, 5) is 32.0. The number of ether oxygens (including phenoxy) is 1. The van der Waals surface area contributed by atoms with Gasteiger partial charge in [0.1, 0.15) is 11.5 Å². The van der Waals surface area contributed by atoms with Crippen LogP contribution in [0.2, 0.25) is 0 Å². The Morgan fingerprint density at radius 2 is 2.13 bits per heavy atom. The summed E-state index contributed by atoms with van der Waals surface area (Å²) in [7, 11) is 1.62. The number of carbonyl (C=O) groups is 1. The number of carbonyl (C=O) groups excluding carboxylic acids is 1. The lowest BCUT2D eigenvalue weighted by molar-refractivity contribution is 0.190. The van der Waals surface area contributed by atoms with E-state index in [0.29, 0.717) is 36.5 Å². The van der Waals surface area contributed by atoms with Crippen molar-refractivity contribution >= 4 is 11.7 Å². The summed E-state index contributed by atoms with van der Waals surface area (Å²) in [5.74, 6) is 1.43. The Hall–Kier alpha value is -4.01. The van der Waals surface area contributed by atoms with E-state index >= 15 is 0 Å². The molecule has 1 aliphatic rings. The number of rotatable bonds is 4. The Kier molecular flexibility index (Phi) is 4.70. The Bertz CT molecular complexity index is 1290. The van der Waals surface area contributed by atoms with Crippen LogP contribution in [0.15, 0.2) is 57.9 Å². The molecular weight excluding hydrogens is 398 g/mol. The maximum Gasteiger partial charge on any atom is 0.318 e. The number of nitrogens with one attached hydrogen (secondary N) is 2. The summed E-state index contributed by atoms with van der Waals surface area (Å²) in [5.41, 5.74) is 3.33. The molecule has 2 N–H and O–H groups in total. The van der Waals surface area contributed by atoms with E-state index in [1.165, 1.54) is 4.52 Å². The Labute approximate surface area is 177 Å². The third kappa shape index (κ3) is 3.54. The second-order valence-corrected chi connectivity index (χ2v) is 7.34. The van der Waals surface area contributed by atoms with Gasteiger partial charge in [-0.1, -0.05) is 0 Å². The highest BCUT2D eigenvalue weighted by atomic mass is 16.5. The Morgan fingerprint density at radius 1 is 1.29 bits per heavy atom. The molecule has 0 bridgehead atoms. The minimum Gasteiger partial charge on any atom is -0.497 e. The van der Waals surface area contributed by atoms with Crippen LogP contribution < -0.4 is 15.6 Å². The molecule has 0 saturated carbocycles. The molecule has 4 heterocycles. The van der Waals surface area contributed by atoms with Crippen molar-refractivity contribution in [1.82, 2.24) is 24.8 Å². The molecule has 158 valence electrons. The molecule has 31 heavy (non-hydrogen) atoms. The SMILES string of the molecule is COc1ccc(-c2cc3nc4c(c(=O)n3[nH]2)CN(C(=O)NCc2ccco2)CC4)cc1. The number of aromatic nitrogens is 3. The van der Waals surface area contributed by atoms with Gasteiger partial charge in [0.15, 0.2) is 5.65 Å². The van der Waals surface area contributed by atoms with Crippen molar-refractivity contribution in [3.05, 3.63) is 76.1 Å². The standard InChI is InChI=1S/C22H21N5O4/c1-30-15-6-4-14(5-7-15)19-11-20-24-18-8-9-26(13-17(18)21(28)27(20)25-19)22(29)23-12-16-3-2-10-31-16/h2-7,10-11,25H,8-9,12-13H2,1H3,(H,23,29). The van der Waals surface area contributed by atoms with Crippen LogP contribution in [0.25, 0.3) is 16.9 Å². The first-order valence-electron chi connectivity index (χ1n) is 9.95. The fourth-order valence-corrected chi connectivity index (χ4v) is 3.76. The van der Waals surface area contributed by atoms with Crippen LogP contribution in [0.3, 0.4) is 0 Å². The van der Waals surface area contributed by atoms with Crippen molar-refractivity contribution in [2.75, 3.05) is 13.7 Å². The van der Waals surface area contributed by atoms with Gasteiger partial charge in [-0.05, 0) is 42.0 Å². The summed E-state index contributed by atoms with van der Waals surface area (Å²) < 4.78 is 11.9. The van der Waals surface area contributed by atoms with E-state index in [-0.39, 0.29) is 18.1 Å². The quantitative estimate of drug-likeness (QED) is 0.529. The molecule has 2 amide bonds. The van der Waals surface area contributed by atoms with E-state index in [1.807, 2.05) is 30.3 Å². The number of benzene rings is 1. The Balaban J connectivity index is 1.40. The molecule has 0 atom stereocenters. The van der Waals surface area contributed by atoms with Crippen molar-refractivity contribution in [3.8, 4) is 17.0 Å². The van der Waals surface area contributed by atoms with E-state index in [4.69, 9.17) is 9.15 Å². The lowest BCUT2D eigenvalue weighted by Crippen LogP contribution is -2.44.